The number of rotatable bonds is 4. The minimum Gasteiger partial charge on any atom is -0.370 e. The monoisotopic (exact) mass is 234 g/mol. The summed E-state index contributed by atoms with van der Waals surface area (Å²) in [5.74, 6) is 0. The van der Waals surface area contributed by atoms with Crippen molar-refractivity contribution in [3.8, 4) is 0 Å². The summed E-state index contributed by atoms with van der Waals surface area (Å²) in [7, 11) is 0. The molecule has 0 fully saturated rings. The van der Waals surface area contributed by atoms with Gasteiger partial charge in [0.15, 0.2) is 0 Å². The number of aromatic nitrogens is 2. The van der Waals surface area contributed by atoms with Crippen molar-refractivity contribution in [1.82, 2.24) is 9.97 Å². The zero-order valence-electron chi connectivity index (χ0n) is 8.64. The Hall–Kier alpha value is -1.45. The van der Waals surface area contributed by atoms with Crippen molar-refractivity contribution < 1.29 is 4.74 Å². The first-order valence-electron chi connectivity index (χ1n) is 4.93. The number of ether oxygens (including phenoxy) is 1. The van der Waals surface area contributed by atoms with E-state index in [1.54, 1.807) is 6.20 Å². The molecule has 3 nitrogen and oxygen atoms in total. The SMILES string of the molecule is Clc1cnc(COCc2ccccc2)cn1. The van der Waals surface area contributed by atoms with Crippen molar-refractivity contribution in [1.29, 1.82) is 0 Å². The van der Waals surface area contributed by atoms with E-state index >= 15 is 0 Å². The summed E-state index contributed by atoms with van der Waals surface area (Å²) in [5.41, 5.74) is 1.92. The van der Waals surface area contributed by atoms with Gasteiger partial charge in [-0.05, 0) is 5.56 Å². The van der Waals surface area contributed by atoms with Crippen LogP contribution in [0.5, 0.6) is 0 Å². The van der Waals surface area contributed by atoms with E-state index in [1.165, 1.54) is 6.20 Å². The molecular weight excluding hydrogens is 224 g/mol. The first-order valence-corrected chi connectivity index (χ1v) is 5.30. The lowest BCUT2D eigenvalue weighted by Gasteiger charge is -2.03. The standard InChI is InChI=1S/C12H11ClN2O/c13-12-7-14-11(6-15-12)9-16-8-10-4-2-1-3-5-10/h1-7H,8-9H2. The van der Waals surface area contributed by atoms with E-state index in [1.807, 2.05) is 30.3 Å². The lowest BCUT2D eigenvalue weighted by Crippen LogP contribution is -1.97. The summed E-state index contributed by atoms with van der Waals surface area (Å²) in [4.78, 5) is 8.02. The lowest BCUT2D eigenvalue weighted by molar-refractivity contribution is 0.104. The van der Waals surface area contributed by atoms with Gasteiger partial charge in [-0.15, -0.1) is 0 Å². The fourth-order valence-corrected chi connectivity index (χ4v) is 1.36. The quantitative estimate of drug-likeness (QED) is 0.816. The molecule has 0 aliphatic carbocycles. The van der Waals surface area contributed by atoms with Crippen molar-refractivity contribution in [2.24, 2.45) is 0 Å². The second kappa shape index (κ2) is 5.58. The van der Waals surface area contributed by atoms with Gasteiger partial charge in [-0.2, -0.15) is 0 Å². The average molecular weight is 235 g/mol. The van der Waals surface area contributed by atoms with Crippen LogP contribution in [0.4, 0.5) is 0 Å². The molecule has 0 aliphatic rings. The Morgan fingerprint density at radius 1 is 1.00 bits per heavy atom. The van der Waals surface area contributed by atoms with Crippen LogP contribution in [0.3, 0.4) is 0 Å². The lowest BCUT2D eigenvalue weighted by atomic mass is 10.2. The molecule has 82 valence electrons. The molecule has 2 rings (SSSR count). The molecule has 4 heteroatoms. The van der Waals surface area contributed by atoms with Crippen LogP contribution < -0.4 is 0 Å². The number of benzene rings is 1. The summed E-state index contributed by atoms with van der Waals surface area (Å²) < 4.78 is 5.50. The van der Waals surface area contributed by atoms with Gasteiger partial charge in [0.05, 0.1) is 31.3 Å². The second-order valence-electron chi connectivity index (χ2n) is 3.31. The van der Waals surface area contributed by atoms with Crippen molar-refractivity contribution in [2.75, 3.05) is 0 Å². The molecule has 0 amide bonds. The highest BCUT2D eigenvalue weighted by molar-refractivity contribution is 6.29. The van der Waals surface area contributed by atoms with Crippen LogP contribution in [-0.2, 0) is 18.0 Å². The van der Waals surface area contributed by atoms with Gasteiger partial charge in [0.1, 0.15) is 5.15 Å². The molecule has 0 saturated carbocycles. The number of halogens is 1. The van der Waals surface area contributed by atoms with Gasteiger partial charge in [0, 0.05) is 0 Å². The largest absolute Gasteiger partial charge is 0.370 e. The minimum atomic E-state index is 0.395. The van der Waals surface area contributed by atoms with Crippen LogP contribution >= 0.6 is 11.6 Å². The normalized spacial score (nSPS) is 10.3. The van der Waals surface area contributed by atoms with Gasteiger partial charge in [0.25, 0.3) is 0 Å². The maximum absolute atomic E-state index is 5.63. The molecule has 1 aromatic carbocycles. The fourth-order valence-electron chi connectivity index (χ4n) is 1.26. The number of hydrogen-bond donors (Lipinski definition) is 0. The highest BCUT2D eigenvalue weighted by Crippen LogP contribution is 2.05. The third kappa shape index (κ3) is 3.29. The van der Waals surface area contributed by atoms with E-state index in [9.17, 15) is 0 Å². The Morgan fingerprint density at radius 3 is 2.50 bits per heavy atom. The average Bonchev–Trinajstić information content (AvgIpc) is 2.33. The van der Waals surface area contributed by atoms with Gasteiger partial charge in [-0.1, -0.05) is 41.9 Å². The molecule has 0 bridgehead atoms. The molecule has 1 heterocycles. The molecule has 0 spiro atoms. The van der Waals surface area contributed by atoms with E-state index in [4.69, 9.17) is 16.3 Å². The summed E-state index contributed by atoms with van der Waals surface area (Å²) in [6, 6.07) is 10.00. The molecular formula is C12H11ClN2O. The van der Waals surface area contributed by atoms with Crippen molar-refractivity contribution in [3.63, 3.8) is 0 Å². The smallest absolute Gasteiger partial charge is 0.147 e. The molecule has 2 aromatic rings. The summed E-state index contributed by atoms with van der Waals surface area (Å²) in [6.45, 7) is 1.02. The molecule has 0 N–H and O–H groups in total. The Morgan fingerprint density at radius 2 is 1.81 bits per heavy atom. The maximum atomic E-state index is 5.63. The van der Waals surface area contributed by atoms with E-state index in [2.05, 4.69) is 9.97 Å². The number of hydrogen-bond acceptors (Lipinski definition) is 3. The Labute approximate surface area is 99.1 Å². The Bertz CT molecular complexity index is 431. The summed E-state index contributed by atoms with van der Waals surface area (Å²) >= 11 is 5.63. The van der Waals surface area contributed by atoms with Crippen LogP contribution in [0.2, 0.25) is 5.15 Å². The van der Waals surface area contributed by atoms with Gasteiger partial charge >= 0.3 is 0 Å². The molecule has 1 aromatic heterocycles. The topological polar surface area (TPSA) is 35.0 Å². The molecule has 0 aliphatic heterocycles. The molecule has 0 saturated heterocycles. The van der Waals surface area contributed by atoms with Crippen LogP contribution in [0.15, 0.2) is 42.7 Å². The van der Waals surface area contributed by atoms with Crippen molar-refractivity contribution in [2.45, 2.75) is 13.2 Å². The fraction of sp³-hybridized carbons (Fsp3) is 0.167. The number of nitrogens with zero attached hydrogens (tertiary/aromatic N) is 2. The van der Waals surface area contributed by atoms with Gasteiger partial charge in [0.2, 0.25) is 0 Å². The van der Waals surface area contributed by atoms with Gasteiger partial charge in [-0.3, -0.25) is 4.98 Å². The van der Waals surface area contributed by atoms with E-state index < -0.39 is 0 Å². The molecule has 0 unspecified atom stereocenters. The highest BCUT2D eigenvalue weighted by Gasteiger charge is 1.97. The van der Waals surface area contributed by atoms with Gasteiger partial charge < -0.3 is 4.74 Å². The third-order valence-electron chi connectivity index (χ3n) is 2.04. The van der Waals surface area contributed by atoms with Crippen LogP contribution in [-0.4, -0.2) is 9.97 Å². The van der Waals surface area contributed by atoms with Crippen LogP contribution in [0.1, 0.15) is 11.3 Å². The zero-order chi connectivity index (χ0) is 11.2. The minimum absolute atomic E-state index is 0.395. The summed E-state index contributed by atoms with van der Waals surface area (Å²) in [5, 5.41) is 0.395. The van der Waals surface area contributed by atoms with E-state index in [0.717, 1.165) is 11.3 Å². The van der Waals surface area contributed by atoms with Crippen LogP contribution in [0.25, 0.3) is 0 Å². The molecule has 0 atom stereocenters. The third-order valence-corrected chi connectivity index (χ3v) is 2.23. The maximum Gasteiger partial charge on any atom is 0.147 e. The second-order valence-corrected chi connectivity index (χ2v) is 3.70. The zero-order valence-corrected chi connectivity index (χ0v) is 9.39. The molecule has 16 heavy (non-hydrogen) atoms. The Kier molecular flexibility index (Phi) is 3.86. The predicted octanol–water partition coefficient (Wildman–Crippen LogP) is 2.85. The molecule has 0 radical (unpaired) electrons. The van der Waals surface area contributed by atoms with Crippen molar-refractivity contribution in [3.05, 3.63) is 59.1 Å². The Balaban J connectivity index is 1.82. The van der Waals surface area contributed by atoms with E-state index in [0.29, 0.717) is 18.4 Å². The first-order chi connectivity index (χ1) is 7.84. The highest BCUT2D eigenvalue weighted by atomic mass is 35.5. The van der Waals surface area contributed by atoms with Crippen molar-refractivity contribution >= 4 is 11.6 Å². The van der Waals surface area contributed by atoms with Gasteiger partial charge in [-0.25, -0.2) is 4.98 Å². The first kappa shape index (κ1) is 11.0. The van der Waals surface area contributed by atoms with E-state index in [-0.39, 0.29) is 0 Å². The summed E-state index contributed by atoms with van der Waals surface area (Å²) in [6.07, 6.45) is 3.14. The van der Waals surface area contributed by atoms with Crippen LogP contribution in [0, 0.1) is 0 Å². The predicted molar refractivity (Wildman–Crippen MR) is 62.0 cm³/mol.